The summed E-state index contributed by atoms with van der Waals surface area (Å²) < 4.78 is 0. The van der Waals surface area contributed by atoms with Crippen LogP contribution in [0.1, 0.15) is 6.42 Å². The van der Waals surface area contributed by atoms with E-state index in [1.807, 2.05) is 12.2 Å². The molecule has 0 heterocycles. The van der Waals surface area contributed by atoms with Gasteiger partial charge in [0.15, 0.2) is 0 Å². The van der Waals surface area contributed by atoms with Crippen LogP contribution in [0, 0.1) is 0 Å². The predicted octanol–water partition coefficient (Wildman–Crippen LogP) is 1.12. The van der Waals surface area contributed by atoms with Gasteiger partial charge in [-0.3, -0.25) is 0 Å². The molecule has 1 atom stereocenters. The summed E-state index contributed by atoms with van der Waals surface area (Å²) in [6.07, 6.45) is 7.83. The summed E-state index contributed by atoms with van der Waals surface area (Å²) in [4.78, 5) is -0.894. The molecule has 2 heteroatoms. The Hall–Kier alpha value is -0.210. The third kappa shape index (κ3) is 1.39. The summed E-state index contributed by atoms with van der Waals surface area (Å²) in [5, 5.41) is 9.10. The van der Waals surface area contributed by atoms with Crippen LogP contribution in [0.25, 0.3) is 0 Å². The van der Waals surface area contributed by atoms with Crippen LogP contribution in [-0.4, -0.2) is 10.0 Å². The lowest BCUT2D eigenvalue weighted by Crippen LogP contribution is -2.16. The maximum absolute atomic E-state index is 9.10. The Labute approximate surface area is 54.1 Å². The van der Waals surface area contributed by atoms with Crippen molar-refractivity contribution in [3.8, 4) is 0 Å². The van der Waals surface area contributed by atoms with E-state index in [0.717, 1.165) is 0 Å². The van der Waals surface area contributed by atoms with E-state index in [4.69, 9.17) is 5.11 Å². The van der Waals surface area contributed by atoms with E-state index in [0.29, 0.717) is 6.42 Å². The molecule has 1 rings (SSSR count). The molecule has 0 aromatic carbocycles. The van der Waals surface area contributed by atoms with Crippen molar-refractivity contribution in [3.63, 3.8) is 0 Å². The van der Waals surface area contributed by atoms with Crippen LogP contribution in [0.3, 0.4) is 0 Å². The highest BCUT2D eigenvalue weighted by Gasteiger charge is 2.15. The predicted molar refractivity (Wildman–Crippen MR) is 36.8 cm³/mol. The Morgan fingerprint density at radius 1 is 1.50 bits per heavy atom. The fourth-order valence-electron chi connectivity index (χ4n) is 0.598. The van der Waals surface area contributed by atoms with Crippen molar-refractivity contribution in [2.24, 2.45) is 0 Å². The van der Waals surface area contributed by atoms with Gasteiger partial charge >= 0.3 is 0 Å². The van der Waals surface area contributed by atoms with Gasteiger partial charge in [-0.1, -0.05) is 18.2 Å². The molecular formula is C6H8OS. The van der Waals surface area contributed by atoms with Crippen LogP contribution < -0.4 is 0 Å². The first kappa shape index (κ1) is 5.92. The Bertz CT molecular complexity index is 135. The molecule has 0 aliphatic heterocycles. The van der Waals surface area contributed by atoms with Gasteiger partial charge in [0.1, 0.15) is 4.93 Å². The zero-order chi connectivity index (χ0) is 6.04. The van der Waals surface area contributed by atoms with E-state index in [-0.39, 0.29) is 0 Å². The van der Waals surface area contributed by atoms with Gasteiger partial charge in [0.05, 0.1) is 0 Å². The van der Waals surface area contributed by atoms with Gasteiger partial charge in [-0.15, -0.1) is 12.6 Å². The van der Waals surface area contributed by atoms with Crippen LogP contribution in [0.15, 0.2) is 24.3 Å². The SMILES string of the molecule is OC1(S)C=CC=CC1. The summed E-state index contributed by atoms with van der Waals surface area (Å²) in [5.41, 5.74) is 0. The largest absolute Gasteiger partial charge is 0.376 e. The van der Waals surface area contributed by atoms with Crippen LogP contribution in [-0.2, 0) is 0 Å². The molecule has 0 aromatic rings. The minimum atomic E-state index is -0.894. The monoisotopic (exact) mass is 128 g/mol. The number of hydrogen-bond donors (Lipinski definition) is 2. The molecule has 0 saturated heterocycles. The maximum Gasteiger partial charge on any atom is 0.130 e. The quantitative estimate of drug-likeness (QED) is 0.370. The highest BCUT2D eigenvalue weighted by Crippen LogP contribution is 2.20. The van der Waals surface area contributed by atoms with E-state index in [1.54, 1.807) is 12.2 Å². The number of hydrogen-bond acceptors (Lipinski definition) is 2. The van der Waals surface area contributed by atoms with Gasteiger partial charge in [0.25, 0.3) is 0 Å². The van der Waals surface area contributed by atoms with Crippen LogP contribution in [0.5, 0.6) is 0 Å². The first-order valence-corrected chi connectivity index (χ1v) is 2.94. The molecule has 1 aliphatic carbocycles. The minimum absolute atomic E-state index is 0.604. The van der Waals surface area contributed by atoms with E-state index < -0.39 is 4.93 Å². The average molecular weight is 128 g/mol. The number of thiol groups is 1. The van der Waals surface area contributed by atoms with Gasteiger partial charge in [-0.25, -0.2) is 0 Å². The second-order valence-electron chi connectivity index (χ2n) is 1.87. The smallest absolute Gasteiger partial charge is 0.130 e. The third-order valence-electron chi connectivity index (χ3n) is 1.03. The first-order chi connectivity index (χ1) is 3.71. The minimum Gasteiger partial charge on any atom is -0.376 e. The van der Waals surface area contributed by atoms with Crippen molar-refractivity contribution < 1.29 is 5.11 Å². The summed E-state index contributed by atoms with van der Waals surface area (Å²) in [5.74, 6) is 0. The van der Waals surface area contributed by atoms with Gasteiger partial charge in [-0.2, -0.15) is 0 Å². The van der Waals surface area contributed by atoms with Crippen LogP contribution in [0.4, 0.5) is 0 Å². The summed E-state index contributed by atoms with van der Waals surface area (Å²) in [7, 11) is 0. The molecule has 0 aromatic heterocycles. The number of allylic oxidation sites excluding steroid dienone is 2. The molecule has 1 nitrogen and oxygen atoms in total. The van der Waals surface area contributed by atoms with Crippen LogP contribution >= 0.6 is 12.6 Å². The van der Waals surface area contributed by atoms with Crippen molar-refractivity contribution in [1.82, 2.24) is 0 Å². The van der Waals surface area contributed by atoms with Gasteiger partial charge < -0.3 is 5.11 Å². The molecule has 8 heavy (non-hydrogen) atoms. The fraction of sp³-hybridized carbons (Fsp3) is 0.333. The van der Waals surface area contributed by atoms with Gasteiger partial charge in [0, 0.05) is 6.42 Å². The highest BCUT2D eigenvalue weighted by atomic mass is 32.1. The molecule has 1 aliphatic rings. The second-order valence-corrected chi connectivity index (χ2v) is 2.64. The topological polar surface area (TPSA) is 20.2 Å². The normalized spacial score (nSPS) is 35.8. The van der Waals surface area contributed by atoms with E-state index in [9.17, 15) is 0 Å². The Morgan fingerprint density at radius 2 is 2.25 bits per heavy atom. The third-order valence-corrected chi connectivity index (χ3v) is 1.36. The summed E-state index contributed by atoms with van der Waals surface area (Å²) in [6.45, 7) is 0. The van der Waals surface area contributed by atoms with Crippen molar-refractivity contribution in [1.29, 1.82) is 0 Å². The first-order valence-electron chi connectivity index (χ1n) is 2.50. The Morgan fingerprint density at radius 3 is 2.50 bits per heavy atom. The molecule has 44 valence electrons. The lowest BCUT2D eigenvalue weighted by atomic mass is 10.1. The van der Waals surface area contributed by atoms with Crippen molar-refractivity contribution in [2.45, 2.75) is 11.4 Å². The van der Waals surface area contributed by atoms with Gasteiger partial charge in [0.2, 0.25) is 0 Å². The summed E-state index contributed by atoms with van der Waals surface area (Å²) in [6, 6.07) is 0. The van der Waals surface area contributed by atoms with E-state index >= 15 is 0 Å². The molecule has 0 bridgehead atoms. The second kappa shape index (κ2) is 1.96. The molecular weight excluding hydrogens is 120 g/mol. The zero-order valence-corrected chi connectivity index (χ0v) is 5.31. The van der Waals surface area contributed by atoms with Crippen molar-refractivity contribution >= 4 is 12.6 Å². The van der Waals surface area contributed by atoms with Crippen molar-refractivity contribution in [3.05, 3.63) is 24.3 Å². The molecule has 0 saturated carbocycles. The summed E-state index contributed by atoms with van der Waals surface area (Å²) >= 11 is 3.94. The lowest BCUT2D eigenvalue weighted by Gasteiger charge is -2.16. The standard InChI is InChI=1S/C6H8OS/c7-6(8)4-2-1-3-5-6/h1-4,7-8H,5H2. The van der Waals surface area contributed by atoms with Crippen LogP contribution in [0.2, 0.25) is 0 Å². The molecule has 0 spiro atoms. The molecule has 0 radical (unpaired) electrons. The average Bonchev–Trinajstić information content (AvgIpc) is 1.65. The molecule has 1 unspecified atom stereocenters. The number of rotatable bonds is 0. The fourth-order valence-corrected chi connectivity index (χ4v) is 0.789. The number of aliphatic hydroxyl groups is 1. The maximum atomic E-state index is 9.10. The highest BCUT2D eigenvalue weighted by molar-refractivity contribution is 7.81. The molecule has 0 fully saturated rings. The Kier molecular flexibility index (Phi) is 1.45. The van der Waals surface area contributed by atoms with E-state index in [1.165, 1.54) is 0 Å². The molecule has 0 amide bonds. The Balaban J connectivity index is 2.65. The zero-order valence-electron chi connectivity index (χ0n) is 4.41. The van der Waals surface area contributed by atoms with Gasteiger partial charge in [-0.05, 0) is 6.08 Å². The van der Waals surface area contributed by atoms with E-state index in [2.05, 4.69) is 12.6 Å². The molecule has 1 N–H and O–H groups in total. The van der Waals surface area contributed by atoms with Crippen molar-refractivity contribution in [2.75, 3.05) is 0 Å². The lowest BCUT2D eigenvalue weighted by molar-refractivity contribution is 0.192.